The molecule has 1 amide bonds. The summed E-state index contributed by atoms with van der Waals surface area (Å²) in [7, 11) is 3.78. The smallest absolute Gasteiger partial charge is 0.271 e. The fourth-order valence-corrected chi connectivity index (χ4v) is 3.33. The van der Waals surface area contributed by atoms with E-state index >= 15 is 0 Å². The quantitative estimate of drug-likeness (QED) is 0.282. The van der Waals surface area contributed by atoms with E-state index in [1.54, 1.807) is 24.4 Å². The molecule has 0 spiro atoms. The highest BCUT2D eigenvalue weighted by Crippen LogP contribution is 2.33. The summed E-state index contributed by atoms with van der Waals surface area (Å²) < 4.78 is 0. The molecule has 31 heavy (non-hydrogen) atoms. The molecule has 7 nitrogen and oxygen atoms in total. The van der Waals surface area contributed by atoms with Gasteiger partial charge in [0, 0.05) is 42.3 Å². The number of benzene rings is 2. The fourth-order valence-electron chi connectivity index (χ4n) is 3.33. The first-order valence-electron chi connectivity index (χ1n) is 9.79. The van der Waals surface area contributed by atoms with Crippen LogP contribution in [0.5, 0.6) is 0 Å². The molecule has 0 fully saturated rings. The lowest BCUT2D eigenvalue weighted by Gasteiger charge is -2.11. The summed E-state index contributed by atoms with van der Waals surface area (Å²) in [6, 6.07) is 12.1. The molecular weight excluding hydrogens is 388 g/mol. The number of aromatic amines is 2. The molecule has 0 saturated carbocycles. The van der Waals surface area contributed by atoms with Gasteiger partial charge in [0.1, 0.15) is 0 Å². The van der Waals surface area contributed by atoms with Crippen molar-refractivity contribution in [1.82, 2.24) is 20.1 Å². The number of carbonyl (C=O) groups excluding carboxylic acids is 1. The first kappa shape index (κ1) is 20.0. The van der Waals surface area contributed by atoms with E-state index in [2.05, 4.69) is 33.1 Å². The second-order valence-corrected chi connectivity index (χ2v) is 7.42. The number of anilines is 1. The van der Waals surface area contributed by atoms with Crippen molar-refractivity contribution in [2.75, 3.05) is 19.4 Å². The van der Waals surface area contributed by atoms with E-state index in [0.717, 1.165) is 38.6 Å². The highest BCUT2D eigenvalue weighted by molar-refractivity contribution is 6.09. The van der Waals surface area contributed by atoms with Gasteiger partial charge in [-0.25, -0.2) is 0 Å². The average Bonchev–Trinajstić information content (AvgIpc) is 3.42. The van der Waals surface area contributed by atoms with Gasteiger partial charge in [-0.2, -0.15) is 5.10 Å². The first-order chi connectivity index (χ1) is 14.9. The number of amides is 1. The van der Waals surface area contributed by atoms with Gasteiger partial charge in [0.2, 0.25) is 0 Å². The molecule has 2 aromatic carbocycles. The minimum atomic E-state index is -0.389. The maximum Gasteiger partial charge on any atom is 0.271 e. The standard InChI is InChI=1S/C24H24N6O/c1-15(30(2)3)6-4-8-20(25)24(31)28-22-12-16(13-23-19(22)14-27-29-23)17-7-5-9-21-18(17)10-11-26-21/h4-14,26H,1,25H2,2-3H3,(H,27,29)(H,28,31)/b6-4-,20-8-. The van der Waals surface area contributed by atoms with E-state index in [1.165, 1.54) is 0 Å². The normalized spacial score (nSPS) is 12.0. The van der Waals surface area contributed by atoms with Gasteiger partial charge in [0.25, 0.3) is 5.91 Å². The Balaban J connectivity index is 1.67. The molecule has 2 heterocycles. The number of likely N-dealkylation sites (N-methyl/N-ethyl adjacent to an activating group) is 1. The molecule has 4 rings (SSSR count). The Morgan fingerprint density at radius 2 is 2.03 bits per heavy atom. The van der Waals surface area contributed by atoms with Crippen LogP contribution >= 0.6 is 0 Å². The molecule has 5 N–H and O–H groups in total. The summed E-state index contributed by atoms with van der Waals surface area (Å²) in [5, 5.41) is 12.0. The van der Waals surface area contributed by atoms with Crippen LogP contribution in [0.1, 0.15) is 0 Å². The van der Waals surface area contributed by atoms with E-state index in [4.69, 9.17) is 5.73 Å². The number of hydrogen-bond donors (Lipinski definition) is 4. The number of nitrogens with one attached hydrogen (secondary N) is 3. The minimum absolute atomic E-state index is 0.0950. The lowest BCUT2D eigenvalue weighted by atomic mass is 9.99. The first-order valence-corrected chi connectivity index (χ1v) is 9.79. The van der Waals surface area contributed by atoms with Gasteiger partial charge in [0.15, 0.2) is 0 Å². The topological polar surface area (TPSA) is 103 Å². The van der Waals surface area contributed by atoms with Crippen molar-refractivity contribution >= 4 is 33.4 Å². The number of rotatable bonds is 6. The van der Waals surface area contributed by atoms with Crippen LogP contribution in [0.2, 0.25) is 0 Å². The molecule has 0 radical (unpaired) electrons. The number of aromatic nitrogens is 3. The van der Waals surface area contributed by atoms with E-state index in [1.807, 2.05) is 55.5 Å². The largest absolute Gasteiger partial charge is 0.394 e. The molecule has 156 valence electrons. The number of nitrogens with two attached hydrogens (primary N) is 1. The van der Waals surface area contributed by atoms with Crippen LogP contribution in [0.3, 0.4) is 0 Å². The maximum atomic E-state index is 12.7. The number of nitrogens with zero attached hydrogens (tertiary/aromatic N) is 2. The zero-order valence-electron chi connectivity index (χ0n) is 17.4. The summed E-state index contributed by atoms with van der Waals surface area (Å²) in [5.41, 5.74) is 11.4. The van der Waals surface area contributed by atoms with Crippen LogP contribution in [0.15, 0.2) is 85.0 Å². The van der Waals surface area contributed by atoms with E-state index in [9.17, 15) is 4.79 Å². The monoisotopic (exact) mass is 412 g/mol. The van der Waals surface area contributed by atoms with Crippen LogP contribution in [-0.4, -0.2) is 40.1 Å². The molecule has 0 atom stereocenters. The molecule has 0 aliphatic heterocycles. The number of allylic oxidation sites excluding steroid dienone is 3. The summed E-state index contributed by atoms with van der Waals surface area (Å²) >= 11 is 0. The Labute approximate surface area is 179 Å². The van der Waals surface area contributed by atoms with Crippen molar-refractivity contribution in [3.63, 3.8) is 0 Å². The van der Waals surface area contributed by atoms with Crippen molar-refractivity contribution in [3.8, 4) is 11.1 Å². The van der Waals surface area contributed by atoms with Crippen molar-refractivity contribution in [3.05, 3.63) is 85.0 Å². The number of hydrogen-bond acceptors (Lipinski definition) is 4. The predicted octanol–water partition coefficient (Wildman–Crippen LogP) is 4.12. The Kier molecular flexibility index (Phi) is 5.32. The molecule has 7 heteroatoms. The second kappa shape index (κ2) is 8.23. The second-order valence-electron chi connectivity index (χ2n) is 7.42. The summed E-state index contributed by atoms with van der Waals surface area (Å²) in [6.07, 6.45) is 8.64. The van der Waals surface area contributed by atoms with Gasteiger partial charge in [-0.05, 0) is 47.5 Å². The molecular formula is C24H24N6O. The average molecular weight is 412 g/mol. The minimum Gasteiger partial charge on any atom is -0.394 e. The van der Waals surface area contributed by atoms with Gasteiger partial charge in [-0.1, -0.05) is 24.8 Å². The lowest BCUT2D eigenvalue weighted by Crippen LogP contribution is -2.20. The summed E-state index contributed by atoms with van der Waals surface area (Å²) in [5.74, 6) is -0.389. The van der Waals surface area contributed by atoms with Gasteiger partial charge in [0.05, 0.1) is 23.1 Å². The van der Waals surface area contributed by atoms with Crippen LogP contribution in [0, 0.1) is 0 Å². The summed E-state index contributed by atoms with van der Waals surface area (Å²) in [4.78, 5) is 17.8. The van der Waals surface area contributed by atoms with Gasteiger partial charge in [-0.3, -0.25) is 9.89 Å². The Morgan fingerprint density at radius 3 is 2.84 bits per heavy atom. The third kappa shape index (κ3) is 4.06. The van der Waals surface area contributed by atoms with Crippen molar-refractivity contribution < 1.29 is 4.79 Å². The van der Waals surface area contributed by atoms with Crippen molar-refractivity contribution in [2.45, 2.75) is 0 Å². The predicted molar refractivity (Wildman–Crippen MR) is 126 cm³/mol. The van der Waals surface area contributed by atoms with Gasteiger partial charge in [-0.15, -0.1) is 0 Å². The Hall–Kier alpha value is -4.26. The summed E-state index contributed by atoms with van der Waals surface area (Å²) in [6.45, 7) is 3.90. The molecule has 0 aliphatic rings. The van der Waals surface area contributed by atoms with Crippen LogP contribution in [0.4, 0.5) is 5.69 Å². The van der Waals surface area contributed by atoms with Crippen LogP contribution < -0.4 is 11.1 Å². The number of carbonyl (C=O) groups is 1. The van der Waals surface area contributed by atoms with E-state index < -0.39 is 0 Å². The maximum absolute atomic E-state index is 12.7. The lowest BCUT2D eigenvalue weighted by molar-refractivity contribution is -0.112. The van der Waals surface area contributed by atoms with Gasteiger partial charge < -0.3 is 20.9 Å². The van der Waals surface area contributed by atoms with Gasteiger partial charge >= 0.3 is 0 Å². The third-order valence-electron chi connectivity index (χ3n) is 5.11. The molecule has 0 aliphatic carbocycles. The molecule has 0 unspecified atom stereocenters. The Bertz CT molecular complexity index is 1340. The number of H-pyrrole nitrogens is 2. The van der Waals surface area contributed by atoms with Crippen molar-refractivity contribution in [1.29, 1.82) is 0 Å². The molecule has 0 saturated heterocycles. The van der Waals surface area contributed by atoms with Crippen LogP contribution in [-0.2, 0) is 4.79 Å². The molecule has 2 aromatic heterocycles. The van der Waals surface area contributed by atoms with Crippen LogP contribution in [0.25, 0.3) is 32.9 Å². The highest BCUT2D eigenvalue weighted by atomic mass is 16.2. The zero-order chi connectivity index (χ0) is 22.0. The van der Waals surface area contributed by atoms with Crippen molar-refractivity contribution in [2.24, 2.45) is 5.73 Å². The molecule has 4 aromatic rings. The SMILES string of the molecule is C=C(/C=C\C=C(/N)C(=O)Nc1cc(-c2cccc3[nH]ccc23)cc2[nH]ncc12)N(C)C. The third-order valence-corrected chi connectivity index (χ3v) is 5.11. The zero-order valence-corrected chi connectivity index (χ0v) is 17.4. The fraction of sp³-hybridized carbons (Fsp3) is 0.0833. The van der Waals surface area contributed by atoms with E-state index in [0.29, 0.717) is 5.69 Å². The highest BCUT2D eigenvalue weighted by Gasteiger charge is 2.13. The number of fused-ring (bicyclic) bond motifs is 2. The van der Waals surface area contributed by atoms with E-state index in [-0.39, 0.29) is 11.6 Å². The molecule has 0 bridgehead atoms. The Morgan fingerprint density at radius 1 is 1.19 bits per heavy atom.